The lowest BCUT2D eigenvalue weighted by molar-refractivity contribution is 0.541. The summed E-state index contributed by atoms with van der Waals surface area (Å²) in [4.78, 5) is 9.18. The molecule has 0 saturated heterocycles. The summed E-state index contributed by atoms with van der Waals surface area (Å²) < 4.78 is 21.4. The van der Waals surface area contributed by atoms with Gasteiger partial charge in [0.1, 0.15) is 17.3 Å². The predicted octanol–water partition coefficient (Wildman–Crippen LogP) is 4.79. The smallest absolute Gasteiger partial charge is 0.227 e. The van der Waals surface area contributed by atoms with Gasteiger partial charge in [-0.25, -0.2) is 4.39 Å². The molecular formula is C20H21FN6O. The van der Waals surface area contributed by atoms with Gasteiger partial charge in [0.2, 0.25) is 11.8 Å². The predicted molar refractivity (Wildman–Crippen MR) is 106 cm³/mol. The highest BCUT2D eigenvalue weighted by Gasteiger charge is 2.20. The van der Waals surface area contributed by atoms with Crippen molar-refractivity contribution >= 4 is 23.0 Å². The minimum absolute atomic E-state index is 0.242. The molecule has 0 aliphatic carbocycles. The van der Waals surface area contributed by atoms with Gasteiger partial charge in [-0.15, -0.1) is 0 Å². The Labute approximate surface area is 161 Å². The summed E-state index contributed by atoms with van der Waals surface area (Å²) in [5.74, 6) is 1.92. The number of nitrogens with zero attached hydrogens (tertiary/aromatic N) is 4. The Hall–Kier alpha value is -3.42. The van der Waals surface area contributed by atoms with Gasteiger partial charge in [-0.1, -0.05) is 12.1 Å². The normalized spacial score (nSPS) is 11.8. The van der Waals surface area contributed by atoms with Crippen LogP contribution < -0.4 is 10.6 Å². The van der Waals surface area contributed by atoms with Crippen molar-refractivity contribution in [1.29, 1.82) is 0 Å². The Balaban J connectivity index is 1.86. The molecule has 1 aromatic carbocycles. The molecule has 3 heterocycles. The van der Waals surface area contributed by atoms with Gasteiger partial charge >= 0.3 is 0 Å². The van der Waals surface area contributed by atoms with Crippen molar-refractivity contribution in [2.24, 2.45) is 0 Å². The summed E-state index contributed by atoms with van der Waals surface area (Å²) in [5, 5.41) is 10.7. The van der Waals surface area contributed by atoms with Gasteiger partial charge < -0.3 is 15.1 Å². The highest BCUT2D eigenvalue weighted by molar-refractivity contribution is 5.75. The lowest BCUT2D eigenvalue weighted by Gasteiger charge is -2.20. The van der Waals surface area contributed by atoms with Crippen molar-refractivity contribution < 1.29 is 8.81 Å². The van der Waals surface area contributed by atoms with E-state index in [0.717, 1.165) is 5.76 Å². The average molecular weight is 380 g/mol. The molecule has 0 bridgehead atoms. The van der Waals surface area contributed by atoms with Crippen LogP contribution in [0.15, 0.2) is 47.0 Å². The molecule has 0 saturated carbocycles. The van der Waals surface area contributed by atoms with E-state index in [4.69, 9.17) is 4.42 Å². The largest absolute Gasteiger partial charge is 0.458 e. The molecule has 2 N–H and O–H groups in total. The first kappa shape index (κ1) is 18.0. The maximum atomic E-state index is 14.1. The van der Waals surface area contributed by atoms with Crippen LogP contribution in [0, 0.1) is 12.7 Å². The van der Waals surface area contributed by atoms with E-state index in [1.165, 1.54) is 6.07 Å². The summed E-state index contributed by atoms with van der Waals surface area (Å²) in [5.41, 5.74) is 1.17. The van der Waals surface area contributed by atoms with Gasteiger partial charge in [0.25, 0.3) is 0 Å². The summed E-state index contributed by atoms with van der Waals surface area (Å²) in [6, 6.07) is 10.2. The number of rotatable bonds is 4. The summed E-state index contributed by atoms with van der Waals surface area (Å²) in [6.45, 7) is 7.93. The molecule has 0 atom stereocenters. The summed E-state index contributed by atoms with van der Waals surface area (Å²) >= 11 is 0. The molecule has 0 spiro atoms. The second-order valence-electron chi connectivity index (χ2n) is 7.55. The first-order valence-corrected chi connectivity index (χ1v) is 8.92. The first-order valence-electron chi connectivity index (χ1n) is 8.92. The number of hydrogen-bond donors (Lipinski definition) is 2. The molecule has 7 nitrogen and oxygen atoms in total. The molecule has 0 aliphatic heterocycles. The van der Waals surface area contributed by atoms with Crippen LogP contribution >= 0.6 is 0 Å². The van der Waals surface area contributed by atoms with Gasteiger partial charge in [-0.2, -0.15) is 19.6 Å². The van der Waals surface area contributed by atoms with E-state index in [1.54, 1.807) is 28.9 Å². The van der Waals surface area contributed by atoms with Crippen molar-refractivity contribution in [2.45, 2.75) is 33.2 Å². The lowest BCUT2D eigenvalue weighted by atomic mass is 10.1. The maximum Gasteiger partial charge on any atom is 0.227 e. The van der Waals surface area contributed by atoms with Crippen molar-refractivity contribution in [1.82, 2.24) is 19.6 Å². The molecule has 28 heavy (non-hydrogen) atoms. The minimum Gasteiger partial charge on any atom is -0.458 e. The Morgan fingerprint density at radius 3 is 2.50 bits per heavy atom. The Kier molecular flexibility index (Phi) is 4.26. The SMILES string of the molecule is Cc1ccc(-c2nc(NC(C)(C)C)nc3c(Nc4ccccc4F)cnn23)o1. The molecule has 4 aromatic rings. The van der Waals surface area contributed by atoms with Crippen LogP contribution in [0.3, 0.4) is 0 Å². The maximum absolute atomic E-state index is 14.1. The first-order chi connectivity index (χ1) is 13.3. The van der Waals surface area contributed by atoms with Gasteiger partial charge in [0.05, 0.1) is 11.9 Å². The number of fused-ring (bicyclic) bond motifs is 1. The zero-order chi connectivity index (χ0) is 19.9. The second-order valence-corrected chi connectivity index (χ2v) is 7.55. The van der Waals surface area contributed by atoms with Crippen LogP contribution in [0.1, 0.15) is 26.5 Å². The Morgan fingerprint density at radius 1 is 1.04 bits per heavy atom. The van der Waals surface area contributed by atoms with Gasteiger partial charge in [0, 0.05) is 5.54 Å². The summed E-state index contributed by atoms with van der Waals surface area (Å²) in [7, 11) is 0. The third-order valence-electron chi connectivity index (χ3n) is 3.96. The van der Waals surface area contributed by atoms with E-state index in [0.29, 0.717) is 34.6 Å². The number of para-hydroxylation sites is 1. The molecule has 4 rings (SSSR count). The molecule has 8 heteroatoms. The standard InChI is InChI=1S/C20H21FN6O/c1-12-9-10-16(28-12)18-25-19(26-20(2,3)4)24-17-15(11-22-27(17)18)23-14-8-6-5-7-13(14)21/h5-11,23H,1-4H3,(H,24,26). The zero-order valence-electron chi connectivity index (χ0n) is 16.1. The number of anilines is 3. The number of hydrogen-bond acceptors (Lipinski definition) is 6. The van der Waals surface area contributed by atoms with E-state index < -0.39 is 0 Å². The Bertz CT molecular complexity index is 1140. The van der Waals surface area contributed by atoms with Crippen molar-refractivity contribution in [3.63, 3.8) is 0 Å². The average Bonchev–Trinajstić information content (AvgIpc) is 3.22. The fourth-order valence-electron chi connectivity index (χ4n) is 2.78. The highest BCUT2D eigenvalue weighted by atomic mass is 19.1. The molecule has 0 unspecified atom stereocenters. The number of halogens is 1. The zero-order valence-corrected chi connectivity index (χ0v) is 16.1. The van der Waals surface area contributed by atoms with E-state index in [1.807, 2.05) is 39.8 Å². The molecule has 3 aromatic heterocycles. The number of nitrogens with one attached hydrogen (secondary N) is 2. The van der Waals surface area contributed by atoms with Crippen LogP contribution in [0.5, 0.6) is 0 Å². The Morgan fingerprint density at radius 2 is 1.82 bits per heavy atom. The molecular weight excluding hydrogens is 359 g/mol. The van der Waals surface area contributed by atoms with Crippen LogP contribution in [0.2, 0.25) is 0 Å². The number of furan rings is 1. The fourth-order valence-corrected chi connectivity index (χ4v) is 2.78. The monoisotopic (exact) mass is 380 g/mol. The third-order valence-corrected chi connectivity index (χ3v) is 3.96. The lowest BCUT2D eigenvalue weighted by Crippen LogP contribution is -2.27. The van der Waals surface area contributed by atoms with E-state index >= 15 is 0 Å². The number of aromatic nitrogens is 4. The van der Waals surface area contributed by atoms with Crippen molar-refractivity contribution in [3.8, 4) is 11.6 Å². The van der Waals surface area contributed by atoms with Crippen LogP contribution in [-0.2, 0) is 0 Å². The van der Waals surface area contributed by atoms with E-state index in [9.17, 15) is 4.39 Å². The van der Waals surface area contributed by atoms with Gasteiger partial charge in [0.15, 0.2) is 11.4 Å². The van der Waals surface area contributed by atoms with Crippen LogP contribution in [0.25, 0.3) is 17.2 Å². The summed E-state index contributed by atoms with van der Waals surface area (Å²) in [6.07, 6.45) is 1.59. The van der Waals surface area contributed by atoms with Gasteiger partial charge in [-0.05, 0) is 52.0 Å². The van der Waals surface area contributed by atoms with E-state index in [-0.39, 0.29) is 11.4 Å². The molecule has 0 aliphatic rings. The molecule has 0 radical (unpaired) electrons. The number of aryl methyl sites for hydroxylation is 1. The third kappa shape index (κ3) is 3.53. The van der Waals surface area contributed by atoms with E-state index in [2.05, 4.69) is 25.7 Å². The van der Waals surface area contributed by atoms with Gasteiger partial charge in [-0.3, -0.25) is 0 Å². The molecule has 0 amide bonds. The van der Waals surface area contributed by atoms with Crippen LogP contribution in [-0.4, -0.2) is 25.1 Å². The van der Waals surface area contributed by atoms with Crippen molar-refractivity contribution in [2.75, 3.05) is 10.6 Å². The molecule has 144 valence electrons. The number of benzene rings is 1. The minimum atomic E-state index is -0.356. The quantitative estimate of drug-likeness (QED) is 0.530. The second kappa shape index (κ2) is 6.63. The fraction of sp³-hybridized carbons (Fsp3) is 0.250. The van der Waals surface area contributed by atoms with Crippen LogP contribution in [0.4, 0.5) is 21.7 Å². The highest BCUT2D eigenvalue weighted by Crippen LogP contribution is 2.28. The molecule has 0 fully saturated rings. The topological polar surface area (TPSA) is 80.3 Å². The van der Waals surface area contributed by atoms with Crippen molar-refractivity contribution in [3.05, 3.63) is 54.2 Å².